The van der Waals surface area contributed by atoms with Gasteiger partial charge in [0.1, 0.15) is 17.7 Å². The van der Waals surface area contributed by atoms with E-state index in [1.165, 1.54) is 0 Å². The van der Waals surface area contributed by atoms with Crippen LogP contribution in [0.15, 0.2) is 24.7 Å². The van der Waals surface area contributed by atoms with Gasteiger partial charge in [-0.1, -0.05) is 0 Å². The van der Waals surface area contributed by atoms with E-state index in [-0.39, 0.29) is 0 Å². The quantitative estimate of drug-likeness (QED) is 0.888. The Balaban J connectivity index is 2.50. The SMILES string of the molecule is CCNc1cc(-c2cnc(C)nc2)c(C#N)cn1. The Bertz CT molecular complexity index is 583. The van der Waals surface area contributed by atoms with E-state index in [0.717, 1.165) is 23.5 Å². The van der Waals surface area contributed by atoms with E-state index in [1.807, 2.05) is 19.9 Å². The summed E-state index contributed by atoms with van der Waals surface area (Å²) in [5, 5.41) is 12.2. The van der Waals surface area contributed by atoms with Crippen molar-refractivity contribution in [1.29, 1.82) is 5.26 Å². The third-order valence-electron chi connectivity index (χ3n) is 2.47. The highest BCUT2D eigenvalue weighted by molar-refractivity contribution is 5.71. The molecule has 2 heterocycles. The van der Waals surface area contributed by atoms with E-state index >= 15 is 0 Å². The second-order valence-electron chi connectivity index (χ2n) is 3.78. The highest BCUT2D eigenvalue weighted by atomic mass is 15.0. The van der Waals surface area contributed by atoms with Crippen LogP contribution in [0.1, 0.15) is 18.3 Å². The molecule has 0 saturated heterocycles. The van der Waals surface area contributed by atoms with E-state index in [9.17, 15) is 0 Å². The molecule has 0 spiro atoms. The maximum absolute atomic E-state index is 9.10. The van der Waals surface area contributed by atoms with Crippen molar-refractivity contribution in [2.45, 2.75) is 13.8 Å². The van der Waals surface area contributed by atoms with Crippen LogP contribution in [0.5, 0.6) is 0 Å². The summed E-state index contributed by atoms with van der Waals surface area (Å²) in [6.45, 7) is 4.60. The molecule has 90 valence electrons. The average Bonchev–Trinajstić information content (AvgIpc) is 2.40. The van der Waals surface area contributed by atoms with Gasteiger partial charge in [0, 0.05) is 36.3 Å². The number of anilines is 1. The molecule has 0 amide bonds. The lowest BCUT2D eigenvalue weighted by Crippen LogP contribution is -2.00. The van der Waals surface area contributed by atoms with Crippen molar-refractivity contribution >= 4 is 5.82 Å². The van der Waals surface area contributed by atoms with Crippen molar-refractivity contribution in [1.82, 2.24) is 15.0 Å². The molecule has 1 N–H and O–H groups in total. The highest BCUT2D eigenvalue weighted by Crippen LogP contribution is 2.24. The Morgan fingerprint density at radius 2 is 1.94 bits per heavy atom. The molecule has 2 aromatic heterocycles. The zero-order valence-corrected chi connectivity index (χ0v) is 10.3. The van der Waals surface area contributed by atoms with Gasteiger partial charge in [-0.3, -0.25) is 0 Å². The summed E-state index contributed by atoms with van der Waals surface area (Å²) in [6, 6.07) is 3.98. The van der Waals surface area contributed by atoms with Gasteiger partial charge in [0.05, 0.1) is 5.56 Å². The highest BCUT2D eigenvalue weighted by Gasteiger charge is 2.08. The minimum absolute atomic E-state index is 0.518. The monoisotopic (exact) mass is 239 g/mol. The molecule has 0 aliphatic carbocycles. The Morgan fingerprint density at radius 3 is 2.56 bits per heavy atom. The lowest BCUT2D eigenvalue weighted by Gasteiger charge is -2.07. The molecule has 5 heteroatoms. The summed E-state index contributed by atoms with van der Waals surface area (Å²) in [7, 11) is 0. The first kappa shape index (κ1) is 12.0. The fourth-order valence-electron chi connectivity index (χ4n) is 1.59. The number of rotatable bonds is 3. The van der Waals surface area contributed by atoms with Crippen LogP contribution in [-0.2, 0) is 0 Å². The van der Waals surface area contributed by atoms with Crippen molar-refractivity contribution in [3.05, 3.63) is 36.0 Å². The zero-order chi connectivity index (χ0) is 13.0. The lowest BCUT2D eigenvalue weighted by molar-refractivity contribution is 1.05. The van der Waals surface area contributed by atoms with Crippen LogP contribution in [0.4, 0.5) is 5.82 Å². The van der Waals surface area contributed by atoms with Gasteiger partial charge in [0.15, 0.2) is 0 Å². The van der Waals surface area contributed by atoms with Crippen LogP contribution in [0.2, 0.25) is 0 Å². The number of hydrogen-bond acceptors (Lipinski definition) is 5. The van der Waals surface area contributed by atoms with Gasteiger partial charge in [0.2, 0.25) is 0 Å². The molecular weight excluding hydrogens is 226 g/mol. The van der Waals surface area contributed by atoms with Crippen LogP contribution in [0, 0.1) is 18.3 Å². The number of aryl methyl sites for hydroxylation is 1. The van der Waals surface area contributed by atoms with Crippen molar-refractivity contribution in [3.8, 4) is 17.2 Å². The molecule has 0 fully saturated rings. The number of nitrogens with zero attached hydrogens (tertiary/aromatic N) is 4. The first-order valence-electron chi connectivity index (χ1n) is 5.67. The predicted molar refractivity (Wildman–Crippen MR) is 68.9 cm³/mol. The molecule has 0 radical (unpaired) electrons. The van der Waals surface area contributed by atoms with Gasteiger partial charge in [-0.25, -0.2) is 15.0 Å². The summed E-state index contributed by atoms with van der Waals surface area (Å²) < 4.78 is 0. The molecule has 0 aliphatic heterocycles. The van der Waals surface area contributed by atoms with Crippen LogP contribution >= 0.6 is 0 Å². The van der Waals surface area contributed by atoms with Crippen LogP contribution in [-0.4, -0.2) is 21.5 Å². The maximum Gasteiger partial charge on any atom is 0.126 e. The fraction of sp³-hybridized carbons (Fsp3) is 0.231. The van der Waals surface area contributed by atoms with E-state index in [4.69, 9.17) is 5.26 Å². The van der Waals surface area contributed by atoms with Gasteiger partial charge < -0.3 is 5.32 Å². The third kappa shape index (κ3) is 2.43. The van der Waals surface area contributed by atoms with Gasteiger partial charge in [-0.05, 0) is 19.9 Å². The Kier molecular flexibility index (Phi) is 3.49. The molecule has 2 rings (SSSR count). The normalized spacial score (nSPS) is 9.83. The molecular formula is C13H13N5. The summed E-state index contributed by atoms with van der Waals surface area (Å²) in [6.07, 6.45) is 5.00. The Morgan fingerprint density at radius 1 is 1.22 bits per heavy atom. The smallest absolute Gasteiger partial charge is 0.126 e. The van der Waals surface area contributed by atoms with Crippen molar-refractivity contribution in [2.75, 3.05) is 11.9 Å². The van der Waals surface area contributed by atoms with Crippen molar-refractivity contribution in [2.24, 2.45) is 0 Å². The minimum atomic E-state index is 0.518. The summed E-state index contributed by atoms with van der Waals surface area (Å²) in [5.41, 5.74) is 2.13. The molecule has 0 unspecified atom stereocenters. The molecule has 0 aromatic carbocycles. The molecule has 0 bridgehead atoms. The summed E-state index contributed by atoms with van der Waals surface area (Å²) >= 11 is 0. The summed E-state index contributed by atoms with van der Waals surface area (Å²) in [4.78, 5) is 12.5. The van der Waals surface area contributed by atoms with Gasteiger partial charge in [-0.2, -0.15) is 5.26 Å². The number of aromatic nitrogens is 3. The molecule has 0 aliphatic rings. The second-order valence-corrected chi connectivity index (χ2v) is 3.78. The van der Waals surface area contributed by atoms with E-state index in [0.29, 0.717) is 11.4 Å². The largest absolute Gasteiger partial charge is 0.370 e. The van der Waals surface area contributed by atoms with E-state index in [1.54, 1.807) is 18.6 Å². The maximum atomic E-state index is 9.10. The molecule has 18 heavy (non-hydrogen) atoms. The van der Waals surface area contributed by atoms with Crippen molar-refractivity contribution < 1.29 is 0 Å². The number of pyridine rings is 1. The molecule has 0 saturated carbocycles. The van der Waals surface area contributed by atoms with Gasteiger partial charge >= 0.3 is 0 Å². The third-order valence-corrected chi connectivity index (χ3v) is 2.47. The van der Waals surface area contributed by atoms with Gasteiger partial charge in [-0.15, -0.1) is 0 Å². The number of hydrogen-bond donors (Lipinski definition) is 1. The number of nitriles is 1. The molecule has 0 atom stereocenters. The van der Waals surface area contributed by atoms with Crippen molar-refractivity contribution in [3.63, 3.8) is 0 Å². The molecule has 5 nitrogen and oxygen atoms in total. The summed E-state index contributed by atoms with van der Waals surface area (Å²) in [5.74, 6) is 1.45. The van der Waals surface area contributed by atoms with Crippen LogP contribution < -0.4 is 5.32 Å². The first-order valence-corrected chi connectivity index (χ1v) is 5.67. The standard InChI is InChI=1S/C13H13N5/c1-3-15-13-4-12(10(5-14)6-18-13)11-7-16-9(2)17-8-11/h4,6-8H,3H2,1-2H3,(H,15,18). The predicted octanol–water partition coefficient (Wildman–Crippen LogP) is 2.15. The van der Waals surface area contributed by atoms with E-state index in [2.05, 4.69) is 26.3 Å². The first-order chi connectivity index (χ1) is 8.74. The Labute approximate surface area is 106 Å². The zero-order valence-electron chi connectivity index (χ0n) is 10.3. The van der Waals surface area contributed by atoms with E-state index < -0.39 is 0 Å². The van der Waals surface area contributed by atoms with Crippen LogP contribution in [0.25, 0.3) is 11.1 Å². The average molecular weight is 239 g/mol. The minimum Gasteiger partial charge on any atom is -0.370 e. The van der Waals surface area contributed by atoms with Gasteiger partial charge in [0.25, 0.3) is 0 Å². The molecule has 2 aromatic rings. The second kappa shape index (κ2) is 5.23. The topological polar surface area (TPSA) is 74.5 Å². The van der Waals surface area contributed by atoms with Crippen LogP contribution in [0.3, 0.4) is 0 Å². The fourth-order valence-corrected chi connectivity index (χ4v) is 1.59. The number of nitrogens with one attached hydrogen (secondary N) is 1. The Hall–Kier alpha value is -2.48. The lowest BCUT2D eigenvalue weighted by atomic mass is 10.1.